The average Bonchev–Trinajstić information content (AvgIpc) is 2.05. The van der Waals surface area contributed by atoms with E-state index in [9.17, 15) is 5.11 Å². The van der Waals surface area contributed by atoms with Crippen LogP contribution in [-0.2, 0) is 0 Å². The SMILES string of the molecule is NCC[C@@H](O)c1cccnc1Cl. The lowest BCUT2D eigenvalue weighted by molar-refractivity contribution is 0.170. The fraction of sp³-hybridized carbons (Fsp3) is 0.375. The number of halogens is 1. The molecule has 3 nitrogen and oxygen atoms in total. The molecule has 4 heteroatoms. The standard InChI is InChI=1S/C8H11ClN2O/c9-8-6(2-1-5-11-8)7(12)3-4-10/h1-2,5,7,12H,3-4,10H2/t7-/m1/s1. The van der Waals surface area contributed by atoms with E-state index in [1.807, 2.05) is 0 Å². The molecule has 66 valence electrons. The highest BCUT2D eigenvalue weighted by Crippen LogP contribution is 2.21. The largest absolute Gasteiger partial charge is 0.388 e. The van der Waals surface area contributed by atoms with Crippen molar-refractivity contribution in [3.8, 4) is 0 Å². The van der Waals surface area contributed by atoms with E-state index in [4.69, 9.17) is 17.3 Å². The molecule has 0 aliphatic rings. The third-order valence-corrected chi connectivity index (χ3v) is 1.90. The summed E-state index contributed by atoms with van der Waals surface area (Å²) in [5.74, 6) is 0. The minimum absolute atomic E-state index is 0.346. The van der Waals surface area contributed by atoms with Gasteiger partial charge in [0.05, 0.1) is 6.10 Å². The van der Waals surface area contributed by atoms with Crippen LogP contribution >= 0.6 is 11.6 Å². The first-order valence-corrected chi connectivity index (χ1v) is 4.12. The van der Waals surface area contributed by atoms with Crippen molar-refractivity contribution in [2.45, 2.75) is 12.5 Å². The molecule has 0 spiro atoms. The number of rotatable bonds is 3. The molecule has 0 aliphatic carbocycles. The van der Waals surface area contributed by atoms with Gasteiger partial charge in [-0.15, -0.1) is 0 Å². The fourth-order valence-electron chi connectivity index (χ4n) is 0.960. The third kappa shape index (κ3) is 2.17. The van der Waals surface area contributed by atoms with Gasteiger partial charge in [-0.1, -0.05) is 17.7 Å². The van der Waals surface area contributed by atoms with E-state index in [1.54, 1.807) is 18.3 Å². The smallest absolute Gasteiger partial charge is 0.134 e. The monoisotopic (exact) mass is 186 g/mol. The van der Waals surface area contributed by atoms with Crippen molar-refractivity contribution in [1.82, 2.24) is 4.98 Å². The van der Waals surface area contributed by atoms with Crippen LogP contribution in [0.3, 0.4) is 0 Å². The predicted octanol–water partition coefficient (Wildman–Crippen LogP) is 1.12. The molecule has 0 aromatic carbocycles. The summed E-state index contributed by atoms with van der Waals surface area (Å²) in [5.41, 5.74) is 5.94. The highest BCUT2D eigenvalue weighted by atomic mass is 35.5. The van der Waals surface area contributed by atoms with Gasteiger partial charge in [-0.2, -0.15) is 0 Å². The lowest BCUT2D eigenvalue weighted by Gasteiger charge is -2.09. The number of aliphatic hydroxyl groups excluding tert-OH is 1. The number of pyridine rings is 1. The highest BCUT2D eigenvalue weighted by molar-refractivity contribution is 6.30. The first kappa shape index (κ1) is 9.45. The number of aliphatic hydroxyl groups is 1. The van der Waals surface area contributed by atoms with Gasteiger partial charge in [0.2, 0.25) is 0 Å². The van der Waals surface area contributed by atoms with Gasteiger partial charge in [0.15, 0.2) is 0 Å². The van der Waals surface area contributed by atoms with Crippen molar-refractivity contribution in [1.29, 1.82) is 0 Å². The number of nitrogens with two attached hydrogens (primary N) is 1. The molecule has 3 N–H and O–H groups in total. The van der Waals surface area contributed by atoms with Crippen LogP contribution in [0.15, 0.2) is 18.3 Å². The van der Waals surface area contributed by atoms with Gasteiger partial charge in [0, 0.05) is 11.8 Å². The fourth-order valence-corrected chi connectivity index (χ4v) is 1.21. The number of hydrogen-bond donors (Lipinski definition) is 2. The van der Waals surface area contributed by atoms with Crippen molar-refractivity contribution in [3.05, 3.63) is 29.0 Å². The summed E-state index contributed by atoms with van der Waals surface area (Å²) in [6.45, 7) is 0.437. The van der Waals surface area contributed by atoms with E-state index in [0.717, 1.165) is 0 Å². The van der Waals surface area contributed by atoms with Gasteiger partial charge in [0.25, 0.3) is 0 Å². The lowest BCUT2D eigenvalue weighted by Crippen LogP contribution is -2.07. The molecule has 0 amide bonds. The van der Waals surface area contributed by atoms with Gasteiger partial charge in [0.1, 0.15) is 5.15 Å². The van der Waals surface area contributed by atoms with Crippen molar-refractivity contribution >= 4 is 11.6 Å². The van der Waals surface area contributed by atoms with Crippen LogP contribution in [0.4, 0.5) is 0 Å². The molecule has 1 atom stereocenters. The summed E-state index contributed by atoms with van der Waals surface area (Å²) >= 11 is 5.74. The number of hydrogen-bond acceptors (Lipinski definition) is 3. The van der Waals surface area contributed by atoms with Crippen molar-refractivity contribution in [2.75, 3.05) is 6.54 Å². The first-order chi connectivity index (χ1) is 5.75. The molecule has 0 bridgehead atoms. The Bertz CT molecular complexity index is 255. The van der Waals surface area contributed by atoms with Crippen LogP contribution in [0, 0.1) is 0 Å². The van der Waals surface area contributed by atoms with E-state index < -0.39 is 6.10 Å². The van der Waals surface area contributed by atoms with Crippen LogP contribution in [0.25, 0.3) is 0 Å². The first-order valence-electron chi connectivity index (χ1n) is 3.74. The van der Waals surface area contributed by atoms with Gasteiger partial charge >= 0.3 is 0 Å². The van der Waals surface area contributed by atoms with Gasteiger partial charge in [-0.05, 0) is 19.0 Å². The Morgan fingerprint density at radius 3 is 3.00 bits per heavy atom. The van der Waals surface area contributed by atoms with Crippen molar-refractivity contribution in [2.24, 2.45) is 5.73 Å². The molecular formula is C8H11ClN2O. The number of nitrogens with zero attached hydrogens (tertiary/aromatic N) is 1. The third-order valence-electron chi connectivity index (χ3n) is 1.59. The Labute approximate surface area is 76.2 Å². The Morgan fingerprint density at radius 1 is 1.67 bits per heavy atom. The van der Waals surface area contributed by atoms with Gasteiger partial charge < -0.3 is 10.8 Å². The molecule has 0 saturated heterocycles. The maximum Gasteiger partial charge on any atom is 0.134 e. The molecule has 1 heterocycles. The van der Waals surface area contributed by atoms with Crippen LogP contribution in [0.2, 0.25) is 5.15 Å². The molecule has 12 heavy (non-hydrogen) atoms. The Morgan fingerprint density at radius 2 is 2.42 bits per heavy atom. The molecule has 0 saturated carbocycles. The summed E-state index contributed by atoms with van der Waals surface area (Å²) in [6.07, 6.45) is 1.49. The predicted molar refractivity (Wildman–Crippen MR) is 47.9 cm³/mol. The molecule has 1 aromatic rings. The van der Waals surface area contributed by atoms with Crippen molar-refractivity contribution < 1.29 is 5.11 Å². The summed E-state index contributed by atoms with van der Waals surface area (Å²) in [5, 5.41) is 9.84. The van der Waals surface area contributed by atoms with Gasteiger partial charge in [-0.3, -0.25) is 0 Å². The maximum atomic E-state index is 9.50. The summed E-state index contributed by atoms with van der Waals surface area (Å²) in [4.78, 5) is 3.85. The molecule has 0 aliphatic heterocycles. The van der Waals surface area contributed by atoms with E-state index in [-0.39, 0.29) is 0 Å². The van der Waals surface area contributed by atoms with E-state index in [1.165, 1.54) is 0 Å². The van der Waals surface area contributed by atoms with E-state index in [2.05, 4.69) is 4.98 Å². The highest BCUT2D eigenvalue weighted by Gasteiger charge is 2.09. The second-order valence-corrected chi connectivity index (χ2v) is 2.83. The second-order valence-electron chi connectivity index (χ2n) is 2.48. The van der Waals surface area contributed by atoms with Crippen LogP contribution in [-0.4, -0.2) is 16.6 Å². The molecular weight excluding hydrogens is 176 g/mol. The Balaban J connectivity index is 2.79. The minimum atomic E-state index is -0.601. The maximum absolute atomic E-state index is 9.50. The summed E-state index contributed by atoms with van der Waals surface area (Å²) in [7, 11) is 0. The molecule has 0 radical (unpaired) electrons. The Hall–Kier alpha value is -0.640. The molecule has 1 rings (SSSR count). The molecule has 0 unspecified atom stereocenters. The summed E-state index contributed by atoms with van der Waals surface area (Å²) in [6, 6.07) is 3.48. The normalized spacial score (nSPS) is 12.9. The number of aromatic nitrogens is 1. The van der Waals surface area contributed by atoms with E-state index in [0.29, 0.717) is 23.7 Å². The average molecular weight is 187 g/mol. The second kappa shape index (κ2) is 4.40. The molecule has 0 fully saturated rings. The van der Waals surface area contributed by atoms with Crippen LogP contribution in [0.1, 0.15) is 18.1 Å². The quantitative estimate of drug-likeness (QED) is 0.696. The van der Waals surface area contributed by atoms with E-state index >= 15 is 0 Å². The Kier molecular flexibility index (Phi) is 3.47. The lowest BCUT2D eigenvalue weighted by atomic mass is 10.1. The zero-order valence-electron chi connectivity index (χ0n) is 6.57. The summed E-state index contributed by atoms with van der Waals surface area (Å²) < 4.78 is 0. The van der Waals surface area contributed by atoms with Crippen LogP contribution in [0.5, 0.6) is 0 Å². The van der Waals surface area contributed by atoms with Gasteiger partial charge in [-0.25, -0.2) is 4.98 Å². The zero-order valence-corrected chi connectivity index (χ0v) is 7.33. The minimum Gasteiger partial charge on any atom is -0.388 e. The molecule has 1 aromatic heterocycles. The van der Waals surface area contributed by atoms with Crippen molar-refractivity contribution in [3.63, 3.8) is 0 Å². The van der Waals surface area contributed by atoms with Crippen LogP contribution < -0.4 is 5.73 Å². The zero-order chi connectivity index (χ0) is 8.97. The topological polar surface area (TPSA) is 59.1 Å².